The molecule has 1 aliphatic rings. The van der Waals surface area contributed by atoms with Gasteiger partial charge in [-0.05, 0) is 29.6 Å². The van der Waals surface area contributed by atoms with Crippen LogP contribution in [0.1, 0.15) is 5.56 Å². The zero-order valence-electron chi connectivity index (χ0n) is 7.31. The van der Waals surface area contributed by atoms with E-state index in [1.165, 1.54) is 5.56 Å². The fraction of sp³-hybridized carbons (Fsp3) is 0.200. The quantitative estimate of drug-likeness (QED) is 0.575. The minimum Gasteiger partial charge on any atom is -0.399 e. The molecule has 0 saturated heterocycles. The Morgan fingerprint density at radius 1 is 1.31 bits per heavy atom. The van der Waals surface area contributed by atoms with Crippen molar-refractivity contribution in [2.24, 2.45) is 0 Å². The van der Waals surface area contributed by atoms with E-state index >= 15 is 0 Å². The summed E-state index contributed by atoms with van der Waals surface area (Å²) in [5.41, 5.74) is 7.73. The standard InChI is InChI=1S/C10H12N2S/c11-10-4-2-9(3-5-10)8-12-6-1-7-13-12/h1-6H,7-8,11H2. The molecule has 2 rings (SSSR count). The first-order valence-electron chi connectivity index (χ1n) is 4.25. The van der Waals surface area contributed by atoms with Gasteiger partial charge in [-0.15, -0.1) is 0 Å². The van der Waals surface area contributed by atoms with Crippen molar-refractivity contribution in [3.63, 3.8) is 0 Å². The Hall–Kier alpha value is -1.09. The summed E-state index contributed by atoms with van der Waals surface area (Å²) < 4.78 is 2.23. The number of rotatable bonds is 2. The van der Waals surface area contributed by atoms with E-state index in [0.717, 1.165) is 18.0 Å². The fourth-order valence-electron chi connectivity index (χ4n) is 1.24. The van der Waals surface area contributed by atoms with Crippen LogP contribution in [0.3, 0.4) is 0 Å². The summed E-state index contributed by atoms with van der Waals surface area (Å²) in [5, 5.41) is 0. The fourth-order valence-corrected chi connectivity index (χ4v) is 2.02. The zero-order valence-corrected chi connectivity index (χ0v) is 8.13. The molecule has 68 valence electrons. The molecule has 0 radical (unpaired) electrons. The maximum atomic E-state index is 5.60. The van der Waals surface area contributed by atoms with Crippen molar-refractivity contribution in [1.82, 2.24) is 4.31 Å². The van der Waals surface area contributed by atoms with Crippen molar-refractivity contribution in [3.05, 3.63) is 42.1 Å². The Kier molecular flexibility index (Phi) is 2.45. The van der Waals surface area contributed by atoms with Gasteiger partial charge in [0.25, 0.3) is 0 Å². The van der Waals surface area contributed by atoms with E-state index in [2.05, 4.69) is 28.7 Å². The summed E-state index contributed by atoms with van der Waals surface area (Å²) >= 11 is 1.83. The van der Waals surface area contributed by atoms with Crippen LogP contribution in [0.2, 0.25) is 0 Å². The van der Waals surface area contributed by atoms with Gasteiger partial charge in [0.05, 0.1) is 6.54 Å². The highest BCUT2D eigenvalue weighted by atomic mass is 32.2. The second-order valence-corrected chi connectivity index (χ2v) is 4.06. The Balaban J connectivity index is 2.01. The maximum absolute atomic E-state index is 5.60. The van der Waals surface area contributed by atoms with E-state index < -0.39 is 0 Å². The smallest absolute Gasteiger partial charge is 0.0539 e. The molecule has 0 spiro atoms. The SMILES string of the molecule is Nc1ccc(CN2C=CCS2)cc1. The van der Waals surface area contributed by atoms with Gasteiger partial charge in [0.1, 0.15) is 0 Å². The highest BCUT2D eigenvalue weighted by Gasteiger charge is 2.05. The molecular weight excluding hydrogens is 180 g/mol. The third kappa shape index (κ3) is 2.18. The summed E-state index contributed by atoms with van der Waals surface area (Å²) in [7, 11) is 0. The van der Waals surface area contributed by atoms with Gasteiger partial charge in [-0.3, -0.25) is 0 Å². The van der Waals surface area contributed by atoms with E-state index in [1.54, 1.807) is 0 Å². The van der Waals surface area contributed by atoms with E-state index in [-0.39, 0.29) is 0 Å². The van der Waals surface area contributed by atoms with Gasteiger partial charge in [-0.1, -0.05) is 18.2 Å². The molecule has 3 heteroatoms. The van der Waals surface area contributed by atoms with Gasteiger partial charge in [-0.25, -0.2) is 0 Å². The van der Waals surface area contributed by atoms with Crippen molar-refractivity contribution < 1.29 is 0 Å². The van der Waals surface area contributed by atoms with Crippen LogP contribution in [-0.4, -0.2) is 10.1 Å². The zero-order chi connectivity index (χ0) is 9.10. The minimum absolute atomic E-state index is 0.827. The second-order valence-electron chi connectivity index (χ2n) is 3.00. The molecule has 1 aromatic carbocycles. The normalized spacial score (nSPS) is 15.2. The molecule has 13 heavy (non-hydrogen) atoms. The third-order valence-electron chi connectivity index (χ3n) is 1.93. The highest BCUT2D eigenvalue weighted by Crippen LogP contribution is 2.21. The Bertz CT molecular complexity index is 305. The Morgan fingerprint density at radius 3 is 2.69 bits per heavy atom. The highest BCUT2D eigenvalue weighted by molar-refractivity contribution is 7.97. The predicted molar refractivity (Wildman–Crippen MR) is 58.0 cm³/mol. The van der Waals surface area contributed by atoms with Crippen LogP contribution in [0.4, 0.5) is 5.69 Å². The molecule has 0 atom stereocenters. The van der Waals surface area contributed by atoms with Gasteiger partial charge in [0.15, 0.2) is 0 Å². The molecule has 0 amide bonds. The molecule has 0 fully saturated rings. The largest absolute Gasteiger partial charge is 0.399 e. The van der Waals surface area contributed by atoms with Gasteiger partial charge in [0.2, 0.25) is 0 Å². The molecule has 1 aromatic rings. The summed E-state index contributed by atoms with van der Waals surface area (Å²) in [6.45, 7) is 0.960. The first kappa shape index (κ1) is 8.51. The average molecular weight is 192 g/mol. The topological polar surface area (TPSA) is 29.3 Å². The first-order chi connectivity index (χ1) is 6.34. The molecule has 2 nitrogen and oxygen atoms in total. The lowest BCUT2D eigenvalue weighted by Gasteiger charge is -2.13. The van der Waals surface area contributed by atoms with Crippen LogP contribution in [0, 0.1) is 0 Å². The third-order valence-corrected chi connectivity index (χ3v) is 2.85. The van der Waals surface area contributed by atoms with E-state index in [4.69, 9.17) is 5.73 Å². The molecule has 0 unspecified atom stereocenters. The monoisotopic (exact) mass is 192 g/mol. The number of hydrogen-bond donors (Lipinski definition) is 1. The summed E-state index contributed by atoms with van der Waals surface area (Å²) in [6, 6.07) is 8.03. The van der Waals surface area contributed by atoms with Crippen LogP contribution in [0.25, 0.3) is 0 Å². The number of nitrogen functional groups attached to an aromatic ring is 1. The van der Waals surface area contributed by atoms with Crippen molar-refractivity contribution >= 4 is 17.6 Å². The predicted octanol–water partition coefficient (Wildman–Crippen LogP) is 2.25. The molecule has 0 aromatic heterocycles. The summed E-state index contributed by atoms with van der Waals surface area (Å²) in [6.07, 6.45) is 4.29. The van der Waals surface area contributed by atoms with Crippen LogP contribution >= 0.6 is 11.9 Å². The van der Waals surface area contributed by atoms with Gasteiger partial charge >= 0.3 is 0 Å². The molecular formula is C10H12N2S. The lowest BCUT2D eigenvalue weighted by atomic mass is 10.2. The number of hydrogen-bond acceptors (Lipinski definition) is 3. The average Bonchev–Trinajstić information content (AvgIpc) is 2.62. The molecule has 0 saturated carbocycles. The van der Waals surface area contributed by atoms with Crippen molar-refractivity contribution in [2.75, 3.05) is 11.5 Å². The van der Waals surface area contributed by atoms with Crippen molar-refractivity contribution in [3.8, 4) is 0 Å². The van der Waals surface area contributed by atoms with Gasteiger partial charge < -0.3 is 10.0 Å². The van der Waals surface area contributed by atoms with E-state index in [9.17, 15) is 0 Å². The summed E-state index contributed by atoms with van der Waals surface area (Å²) in [4.78, 5) is 0. The number of anilines is 1. The van der Waals surface area contributed by atoms with Crippen LogP contribution in [0.15, 0.2) is 36.5 Å². The first-order valence-corrected chi connectivity index (χ1v) is 5.19. The Morgan fingerprint density at radius 2 is 2.08 bits per heavy atom. The molecule has 0 bridgehead atoms. The molecule has 2 N–H and O–H groups in total. The van der Waals surface area contributed by atoms with Gasteiger partial charge in [-0.2, -0.15) is 0 Å². The van der Waals surface area contributed by atoms with Crippen LogP contribution < -0.4 is 5.73 Å². The number of benzene rings is 1. The molecule has 1 heterocycles. The minimum atomic E-state index is 0.827. The molecule has 1 aliphatic heterocycles. The van der Waals surface area contributed by atoms with E-state index in [1.807, 2.05) is 24.1 Å². The second kappa shape index (κ2) is 3.75. The lowest BCUT2D eigenvalue weighted by Crippen LogP contribution is -2.04. The molecule has 0 aliphatic carbocycles. The van der Waals surface area contributed by atoms with Crippen molar-refractivity contribution in [1.29, 1.82) is 0 Å². The number of nitrogens with two attached hydrogens (primary N) is 1. The van der Waals surface area contributed by atoms with Crippen molar-refractivity contribution in [2.45, 2.75) is 6.54 Å². The van der Waals surface area contributed by atoms with E-state index in [0.29, 0.717) is 0 Å². The Labute approximate surface area is 82.6 Å². The van der Waals surface area contributed by atoms with Gasteiger partial charge in [0, 0.05) is 17.6 Å². The lowest BCUT2D eigenvalue weighted by molar-refractivity contribution is 0.628. The maximum Gasteiger partial charge on any atom is 0.0539 e. The number of nitrogens with zero attached hydrogens (tertiary/aromatic N) is 1. The van der Waals surface area contributed by atoms with Crippen LogP contribution in [0.5, 0.6) is 0 Å². The summed E-state index contributed by atoms with van der Waals surface area (Å²) in [5.74, 6) is 1.09. The van der Waals surface area contributed by atoms with Crippen LogP contribution in [-0.2, 0) is 6.54 Å².